The summed E-state index contributed by atoms with van der Waals surface area (Å²) in [6, 6.07) is 23.6. The summed E-state index contributed by atoms with van der Waals surface area (Å²) in [5, 5.41) is 11.4. The lowest BCUT2D eigenvalue weighted by atomic mass is 9.58. The first kappa shape index (κ1) is 19.6. The molecule has 1 saturated heterocycles. The van der Waals surface area contributed by atoms with Crippen molar-refractivity contribution in [3.05, 3.63) is 101 Å². The molecule has 32 heavy (non-hydrogen) atoms. The molecule has 0 saturated carbocycles. The third-order valence-electron chi connectivity index (χ3n) is 7.70. The number of nitrogens with one attached hydrogen (secondary N) is 1. The Bertz CT molecular complexity index is 1280. The zero-order chi connectivity index (χ0) is 21.7. The first-order valence-corrected chi connectivity index (χ1v) is 11.5. The van der Waals surface area contributed by atoms with Crippen LogP contribution in [-0.2, 0) is 24.8 Å². The molecule has 3 nitrogen and oxygen atoms in total. The smallest absolute Gasteiger partial charge is 0.125 e. The summed E-state index contributed by atoms with van der Waals surface area (Å²) in [5.41, 5.74) is 5.98. The molecule has 0 radical (unpaired) electrons. The minimum Gasteiger partial charge on any atom is -0.508 e. The summed E-state index contributed by atoms with van der Waals surface area (Å²) >= 11 is 0. The van der Waals surface area contributed by atoms with Crippen LogP contribution in [0.15, 0.2) is 72.8 Å². The predicted molar refractivity (Wildman–Crippen MR) is 125 cm³/mol. The normalized spacial score (nSPS) is 23.1. The summed E-state index contributed by atoms with van der Waals surface area (Å²) < 4.78 is 13.9. The molecule has 1 fully saturated rings. The monoisotopic (exact) mass is 426 g/mol. The lowest BCUT2D eigenvalue weighted by molar-refractivity contribution is 0.0765. The number of fused-ring (bicyclic) bond motifs is 4. The maximum Gasteiger partial charge on any atom is 0.125 e. The summed E-state index contributed by atoms with van der Waals surface area (Å²) in [5.74, 6) is 0.551. The highest BCUT2D eigenvalue weighted by Gasteiger charge is 2.48. The molecule has 1 aliphatic carbocycles. The molecule has 2 heterocycles. The zero-order valence-electron chi connectivity index (χ0n) is 18.0. The summed E-state index contributed by atoms with van der Waals surface area (Å²) in [4.78, 5) is 6.10. The number of hydrogen-bond acceptors (Lipinski definition) is 2. The molecule has 6 rings (SSSR count). The number of hydrogen-bond donors (Lipinski definition) is 2. The molecule has 3 aromatic carbocycles. The molecule has 1 aromatic heterocycles. The third kappa shape index (κ3) is 3.21. The molecule has 4 aromatic rings. The van der Waals surface area contributed by atoms with Crippen molar-refractivity contribution in [1.29, 1.82) is 0 Å². The molecular formula is C28H27FN2O. The van der Waals surface area contributed by atoms with Crippen LogP contribution in [0.4, 0.5) is 4.39 Å². The Morgan fingerprint density at radius 2 is 1.91 bits per heavy atom. The number of H-pyrrole nitrogens is 1. The lowest BCUT2D eigenvalue weighted by Crippen LogP contribution is -2.53. The predicted octanol–water partition coefficient (Wildman–Crippen LogP) is 5.57. The van der Waals surface area contributed by atoms with Crippen molar-refractivity contribution in [2.24, 2.45) is 5.92 Å². The maximum absolute atomic E-state index is 13.9. The quantitative estimate of drug-likeness (QED) is 0.449. The minimum atomic E-state index is -0.203. The second kappa shape index (κ2) is 7.49. The number of phenolic OH excluding ortho intramolecular Hbond substituents is 1. The second-order valence-corrected chi connectivity index (χ2v) is 9.53. The molecule has 1 aliphatic heterocycles. The van der Waals surface area contributed by atoms with E-state index >= 15 is 0 Å². The molecule has 0 amide bonds. The molecule has 4 heteroatoms. The van der Waals surface area contributed by atoms with Crippen LogP contribution in [0.2, 0.25) is 0 Å². The van der Waals surface area contributed by atoms with Gasteiger partial charge in [0, 0.05) is 35.1 Å². The topological polar surface area (TPSA) is 39.3 Å². The van der Waals surface area contributed by atoms with Gasteiger partial charge in [0.1, 0.15) is 11.6 Å². The van der Waals surface area contributed by atoms with Crippen LogP contribution in [0.5, 0.6) is 5.75 Å². The van der Waals surface area contributed by atoms with Gasteiger partial charge >= 0.3 is 0 Å². The number of benzene rings is 3. The molecule has 0 spiro atoms. The van der Waals surface area contributed by atoms with Crippen LogP contribution in [0.25, 0.3) is 10.9 Å². The van der Waals surface area contributed by atoms with E-state index < -0.39 is 0 Å². The van der Waals surface area contributed by atoms with Crippen molar-refractivity contribution in [2.75, 3.05) is 13.1 Å². The Balaban J connectivity index is 1.41. The van der Waals surface area contributed by atoms with Crippen molar-refractivity contribution in [3.63, 3.8) is 0 Å². The molecule has 162 valence electrons. The van der Waals surface area contributed by atoms with Crippen molar-refractivity contribution in [2.45, 2.75) is 31.2 Å². The highest BCUT2D eigenvalue weighted by Crippen LogP contribution is 2.49. The van der Waals surface area contributed by atoms with E-state index in [2.05, 4.69) is 46.3 Å². The van der Waals surface area contributed by atoms with Crippen LogP contribution in [0, 0.1) is 11.7 Å². The Labute approximate surface area is 187 Å². The van der Waals surface area contributed by atoms with Gasteiger partial charge in [-0.05, 0) is 78.7 Å². The first-order valence-electron chi connectivity index (χ1n) is 11.5. The first-order chi connectivity index (χ1) is 15.6. The van der Waals surface area contributed by atoms with E-state index in [0.29, 0.717) is 11.7 Å². The van der Waals surface area contributed by atoms with Gasteiger partial charge in [0.2, 0.25) is 0 Å². The van der Waals surface area contributed by atoms with Crippen molar-refractivity contribution < 1.29 is 9.50 Å². The number of rotatable bonds is 3. The van der Waals surface area contributed by atoms with Crippen LogP contribution in [-0.4, -0.2) is 28.1 Å². The fraction of sp³-hybridized carbons (Fsp3) is 0.286. The van der Waals surface area contributed by atoms with Gasteiger partial charge in [0.25, 0.3) is 0 Å². The average molecular weight is 427 g/mol. The van der Waals surface area contributed by atoms with Crippen LogP contribution >= 0.6 is 0 Å². The van der Waals surface area contributed by atoms with Crippen LogP contribution < -0.4 is 0 Å². The highest BCUT2D eigenvalue weighted by atomic mass is 19.1. The van der Waals surface area contributed by atoms with Gasteiger partial charge in [-0.3, -0.25) is 4.90 Å². The van der Waals surface area contributed by atoms with Crippen LogP contribution in [0.3, 0.4) is 0 Å². The number of phenols is 1. The summed E-state index contributed by atoms with van der Waals surface area (Å²) in [7, 11) is 0. The summed E-state index contributed by atoms with van der Waals surface area (Å²) in [6.45, 7) is 2.99. The van der Waals surface area contributed by atoms with Crippen molar-refractivity contribution in [3.8, 4) is 5.75 Å². The van der Waals surface area contributed by atoms with E-state index in [9.17, 15) is 9.50 Å². The highest BCUT2D eigenvalue weighted by molar-refractivity contribution is 5.85. The fourth-order valence-corrected chi connectivity index (χ4v) is 6.14. The Kier molecular flexibility index (Phi) is 4.58. The number of likely N-dealkylation sites (tertiary alicyclic amines) is 1. The largest absolute Gasteiger partial charge is 0.508 e. The number of halogens is 1. The Morgan fingerprint density at radius 3 is 2.75 bits per heavy atom. The molecular weight excluding hydrogens is 399 g/mol. The van der Waals surface area contributed by atoms with Crippen molar-refractivity contribution >= 4 is 10.9 Å². The standard InChI is InChI=1S/C28H27FN2O/c29-22-9-10-24-25-14-21-18-31(17-19-5-2-1-3-6-19)12-11-28(21,16-27(25)30-26(24)15-22)20-7-4-8-23(32)13-20/h1-10,13,15,21,30,32H,11-12,14,16-18H2. The molecule has 0 bridgehead atoms. The molecule has 2 unspecified atom stereocenters. The number of aromatic nitrogens is 1. The number of piperidine rings is 1. The van der Waals surface area contributed by atoms with Gasteiger partial charge in [-0.1, -0.05) is 42.5 Å². The molecule has 2 aliphatic rings. The number of aromatic amines is 1. The van der Waals surface area contributed by atoms with Gasteiger partial charge < -0.3 is 10.1 Å². The maximum atomic E-state index is 13.9. The molecule has 2 atom stereocenters. The van der Waals surface area contributed by atoms with Gasteiger partial charge in [0.15, 0.2) is 0 Å². The van der Waals surface area contributed by atoms with Crippen LogP contribution in [0.1, 0.15) is 28.8 Å². The Hall–Kier alpha value is -3.11. The van der Waals surface area contributed by atoms with Gasteiger partial charge in [-0.15, -0.1) is 0 Å². The lowest BCUT2D eigenvalue weighted by Gasteiger charge is -2.51. The van der Waals surface area contributed by atoms with Gasteiger partial charge in [-0.2, -0.15) is 0 Å². The van der Waals surface area contributed by atoms with E-state index in [-0.39, 0.29) is 11.2 Å². The van der Waals surface area contributed by atoms with Gasteiger partial charge in [-0.25, -0.2) is 4.39 Å². The molecule has 2 N–H and O–H groups in total. The van der Waals surface area contributed by atoms with E-state index in [1.54, 1.807) is 18.2 Å². The Morgan fingerprint density at radius 1 is 1.03 bits per heavy atom. The minimum absolute atomic E-state index is 0.0294. The van der Waals surface area contributed by atoms with Crippen molar-refractivity contribution in [1.82, 2.24) is 9.88 Å². The third-order valence-corrected chi connectivity index (χ3v) is 7.70. The fourth-order valence-electron chi connectivity index (χ4n) is 6.14. The zero-order valence-corrected chi connectivity index (χ0v) is 18.0. The van der Waals surface area contributed by atoms with E-state index in [1.165, 1.54) is 22.4 Å². The van der Waals surface area contributed by atoms with Gasteiger partial charge in [0.05, 0.1) is 0 Å². The number of aromatic hydroxyl groups is 1. The van der Waals surface area contributed by atoms with E-state index in [0.717, 1.165) is 49.8 Å². The van der Waals surface area contributed by atoms with E-state index in [1.807, 2.05) is 18.2 Å². The second-order valence-electron chi connectivity index (χ2n) is 9.53. The van der Waals surface area contributed by atoms with E-state index in [4.69, 9.17) is 0 Å². The average Bonchev–Trinajstić information content (AvgIpc) is 3.14. The summed E-state index contributed by atoms with van der Waals surface area (Å²) in [6.07, 6.45) is 2.89. The SMILES string of the molecule is Oc1cccc(C23CCN(Cc4ccccc4)CC2Cc2c([nH]c4cc(F)ccc24)C3)c1. The number of nitrogens with zero attached hydrogens (tertiary/aromatic N) is 1.